The first-order valence-corrected chi connectivity index (χ1v) is 6.32. The quantitative estimate of drug-likeness (QED) is 0.844. The van der Waals surface area contributed by atoms with E-state index >= 15 is 0 Å². The van der Waals surface area contributed by atoms with Crippen molar-refractivity contribution in [1.29, 1.82) is 0 Å². The van der Waals surface area contributed by atoms with Gasteiger partial charge in [0.15, 0.2) is 0 Å². The van der Waals surface area contributed by atoms with Gasteiger partial charge in [-0.25, -0.2) is 4.98 Å². The van der Waals surface area contributed by atoms with E-state index in [-0.39, 0.29) is 11.4 Å². The maximum absolute atomic E-state index is 12.0. The topological polar surface area (TPSA) is 34.6 Å². The molecule has 0 amide bonds. The molecule has 1 fully saturated rings. The average Bonchev–Trinajstić information content (AvgIpc) is 2.39. The molecule has 4 nitrogen and oxygen atoms in total. The second-order valence-electron chi connectivity index (χ2n) is 4.80. The highest BCUT2D eigenvalue weighted by atomic mass is 19.3. The van der Waals surface area contributed by atoms with E-state index in [4.69, 9.17) is 4.74 Å². The minimum Gasteiger partial charge on any atom is -0.433 e. The number of nitrogens with zero attached hydrogens (tertiary/aromatic N) is 2. The summed E-state index contributed by atoms with van der Waals surface area (Å²) in [6.45, 7) is 3.45. The predicted octanol–water partition coefficient (Wildman–Crippen LogP) is 2.69. The van der Waals surface area contributed by atoms with E-state index in [0.29, 0.717) is 6.61 Å². The molecule has 1 saturated heterocycles. The van der Waals surface area contributed by atoms with E-state index in [0.717, 1.165) is 25.3 Å². The van der Waals surface area contributed by atoms with Gasteiger partial charge in [-0.05, 0) is 25.5 Å². The van der Waals surface area contributed by atoms with Crippen LogP contribution in [0.4, 0.5) is 14.6 Å². The molecule has 106 valence electrons. The summed E-state index contributed by atoms with van der Waals surface area (Å²) in [6.07, 6.45) is 2.23. The van der Waals surface area contributed by atoms with Gasteiger partial charge in [-0.3, -0.25) is 0 Å². The van der Waals surface area contributed by atoms with E-state index in [9.17, 15) is 8.78 Å². The maximum Gasteiger partial charge on any atom is 0.387 e. The van der Waals surface area contributed by atoms with Crippen LogP contribution in [0.3, 0.4) is 0 Å². The highest BCUT2D eigenvalue weighted by Gasteiger charge is 2.30. The van der Waals surface area contributed by atoms with Gasteiger partial charge >= 0.3 is 6.61 Å². The van der Waals surface area contributed by atoms with Crippen molar-refractivity contribution in [3.05, 3.63) is 18.3 Å². The summed E-state index contributed by atoms with van der Waals surface area (Å²) in [5.41, 5.74) is -0.182. The van der Waals surface area contributed by atoms with Crippen molar-refractivity contribution in [3.8, 4) is 5.75 Å². The number of rotatable bonds is 4. The Morgan fingerprint density at radius 2 is 2.32 bits per heavy atom. The fourth-order valence-corrected chi connectivity index (χ4v) is 2.07. The maximum atomic E-state index is 12.0. The van der Waals surface area contributed by atoms with Gasteiger partial charge in [0.1, 0.15) is 11.6 Å². The molecule has 1 atom stereocenters. The molecule has 0 aliphatic carbocycles. The van der Waals surface area contributed by atoms with Gasteiger partial charge < -0.3 is 14.4 Å². The van der Waals surface area contributed by atoms with Crippen molar-refractivity contribution in [3.63, 3.8) is 0 Å². The van der Waals surface area contributed by atoms with Crippen LogP contribution in [-0.4, -0.2) is 36.9 Å². The standard InChI is InChI=1S/C13H18F2N2O2/c1-3-13(2)9-17(6-7-18-13)11-5-4-10(8-16-11)19-12(14)15/h4-5,8,12H,3,6-7,9H2,1-2H3. The van der Waals surface area contributed by atoms with Gasteiger partial charge in [-0.2, -0.15) is 8.78 Å². The zero-order valence-corrected chi connectivity index (χ0v) is 11.1. The zero-order valence-electron chi connectivity index (χ0n) is 11.1. The molecule has 1 aromatic heterocycles. The average molecular weight is 272 g/mol. The Bertz CT molecular complexity index is 414. The van der Waals surface area contributed by atoms with Crippen LogP contribution in [0.1, 0.15) is 20.3 Å². The van der Waals surface area contributed by atoms with Crippen LogP contribution in [0.15, 0.2) is 18.3 Å². The lowest BCUT2D eigenvalue weighted by Gasteiger charge is -2.40. The third-order valence-electron chi connectivity index (χ3n) is 3.35. The Morgan fingerprint density at radius 3 is 2.89 bits per heavy atom. The van der Waals surface area contributed by atoms with Gasteiger partial charge in [-0.15, -0.1) is 0 Å². The SMILES string of the molecule is CCC1(C)CN(c2ccc(OC(F)F)cn2)CCO1. The molecule has 19 heavy (non-hydrogen) atoms. The van der Waals surface area contributed by atoms with Crippen molar-refractivity contribution in [2.45, 2.75) is 32.5 Å². The number of alkyl halides is 2. The van der Waals surface area contributed by atoms with Gasteiger partial charge in [-0.1, -0.05) is 6.92 Å². The summed E-state index contributed by atoms with van der Waals surface area (Å²) in [7, 11) is 0. The fourth-order valence-electron chi connectivity index (χ4n) is 2.07. The van der Waals surface area contributed by atoms with E-state index in [1.54, 1.807) is 6.07 Å². The summed E-state index contributed by atoms with van der Waals surface area (Å²) < 4.78 is 34.1. The molecule has 1 aromatic rings. The number of aromatic nitrogens is 1. The molecule has 2 rings (SSSR count). The van der Waals surface area contributed by atoms with Crippen molar-refractivity contribution < 1.29 is 18.3 Å². The zero-order chi connectivity index (χ0) is 13.9. The van der Waals surface area contributed by atoms with Crippen molar-refractivity contribution in [2.24, 2.45) is 0 Å². The van der Waals surface area contributed by atoms with Crippen LogP contribution in [0.25, 0.3) is 0 Å². The number of hydrogen-bond donors (Lipinski definition) is 0. The van der Waals surface area contributed by atoms with Gasteiger partial charge in [0.25, 0.3) is 0 Å². The lowest BCUT2D eigenvalue weighted by molar-refractivity contribution is -0.0500. The normalized spacial score (nSPS) is 23.7. The first-order chi connectivity index (χ1) is 9.02. The molecule has 0 saturated carbocycles. The van der Waals surface area contributed by atoms with E-state index < -0.39 is 6.61 Å². The number of pyridine rings is 1. The lowest BCUT2D eigenvalue weighted by atomic mass is 10.0. The first-order valence-electron chi connectivity index (χ1n) is 6.32. The van der Waals surface area contributed by atoms with E-state index in [2.05, 4.69) is 28.5 Å². The monoisotopic (exact) mass is 272 g/mol. The third kappa shape index (κ3) is 3.53. The van der Waals surface area contributed by atoms with Crippen LogP contribution in [0.2, 0.25) is 0 Å². The second kappa shape index (κ2) is 5.69. The minimum absolute atomic E-state index is 0.0743. The molecule has 0 aromatic carbocycles. The first kappa shape index (κ1) is 14.0. The number of halogens is 2. The molecule has 2 heterocycles. The number of morpholine rings is 1. The van der Waals surface area contributed by atoms with Crippen LogP contribution < -0.4 is 9.64 Å². The highest BCUT2D eigenvalue weighted by Crippen LogP contribution is 2.25. The largest absolute Gasteiger partial charge is 0.433 e. The molecule has 1 aliphatic heterocycles. The molecular weight excluding hydrogens is 254 g/mol. The van der Waals surface area contributed by atoms with Crippen molar-refractivity contribution >= 4 is 5.82 Å². The van der Waals surface area contributed by atoms with Crippen molar-refractivity contribution in [2.75, 3.05) is 24.6 Å². The number of anilines is 1. The molecule has 0 spiro atoms. The van der Waals surface area contributed by atoms with Crippen LogP contribution in [0, 0.1) is 0 Å². The molecule has 0 N–H and O–H groups in total. The smallest absolute Gasteiger partial charge is 0.387 e. The van der Waals surface area contributed by atoms with Gasteiger partial charge in [0, 0.05) is 13.1 Å². The Morgan fingerprint density at radius 1 is 1.53 bits per heavy atom. The van der Waals surface area contributed by atoms with Crippen LogP contribution >= 0.6 is 0 Å². The minimum atomic E-state index is -2.82. The number of ether oxygens (including phenoxy) is 2. The van der Waals surface area contributed by atoms with Crippen LogP contribution in [0.5, 0.6) is 5.75 Å². The third-order valence-corrected chi connectivity index (χ3v) is 3.35. The van der Waals surface area contributed by atoms with E-state index in [1.807, 2.05) is 0 Å². The summed E-state index contributed by atoms with van der Waals surface area (Å²) in [5, 5.41) is 0. The molecule has 0 bridgehead atoms. The lowest BCUT2D eigenvalue weighted by Crippen LogP contribution is -2.50. The fraction of sp³-hybridized carbons (Fsp3) is 0.615. The predicted molar refractivity (Wildman–Crippen MR) is 67.7 cm³/mol. The summed E-state index contributed by atoms with van der Waals surface area (Å²) >= 11 is 0. The highest BCUT2D eigenvalue weighted by molar-refractivity contribution is 5.41. The van der Waals surface area contributed by atoms with Gasteiger partial charge in [0.2, 0.25) is 0 Å². The molecule has 1 aliphatic rings. The van der Waals surface area contributed by atoms with Crippen molar-refractivity contribution in [1.82, 2.24) is 4.98 Å². The molecule has 0 radical (unpaired) electrons. The van der Waals surface area contributed by atoms with Gasteiger partial charge in [0.05, 0.1) is 18.4 Å². The Labute approximate surface area is 111 Å². The summed E-state index contributed by atoms with van der Waals surface area (Å²) in [6, 6.07) is 3.20. The Kier molecular flexibility index (Phi) is 4.19. The molecular formula is C13H18F2N2O2. The Balaban J connectivity index is 2.05. The molecule has 1 unspecified atom stereocenters. The summed E-state index contributed by atoms with van der Waals surface area (Å²) in [4.78, 5) is 6.26. The number of hydrogen-bond acceptors (Lipinski definition) is 4. The van der Waals surface area contributed by atoms with E-state index in [1.165, 1.54) is 12.3 Å². The summed E-state index contributed by atoms with van der Waals surface area (Å²) in [5.74, 6) is 0.829. The van der Waals surface area contributed by atoms with Crippen LogP contribution in [-0.2, 0) is 4.74 Å². The molecule has 6 heteroatoms. The Hall–Kier alpha value is -1.43. The second-order valence-corrected chi connectivity index (χ2v) is 4.80.